The molecule has 152 valence electrons. The zero-order valence-corrected chi connectivity index (χ0v) is 17.6. The maximum absolute atomic E-state index is 13.6. The minimum Gasteiger partial charge on any atom is -0.337 e. The van der Waals surface area contributed by atoms with Crippen LogP contribution >= 0.6 is 0 Å². The molecular formula is C23H24N6O. The van der Waals surface area contributed by atoms with Gasteiger partial charge in [0.2, 0.25) is 0 Å². The van der Waals surface area contributed by atoms with Crippen molar-refractivity contribution in [1.29, 1.82) is 0 Å². The number of pyridine rings is 1. The lowest BCUT2D eigenvalue weighted by molar-refractivity contribution is 0.0749. The molecule has 0 aliphatic carbocycles. The first-order valence-electron chi connectivity index (χ1n) is 9.92. The molecule has 7 heteroatoms. The number of hydrogen-bond acceptors (Lipinski definition) is 5. The number of fused-ring (bicyclic) bond motifs is 1. The van der Waals surface area contributed by atoms with Gasteiger partial charge in [-0.15, -0.1) is 0 Å². The molecule has 1 amide bonds. The molecule has 0 spiro atoms. The number of benzene rings is 1. The van der Waals surface area contributed by atoms with Crippen molar-refractivity contribution >= 4 is 16.8 Å². The third kappa shape index (κ3) is 3.78. The fraction of sp³-hybridized carbons (Fsp3) is 0.261. The first-order valence-corrected chi connectivity index (χ1v) is 9.92. The number of hydrogen-bond donors (Lipinski definition) is 0. The molecule has 0 aliphatic heterocycles. The number of carbonyl (C=O) groups is 1. The van der Waals surface area contributed by atoms with Crippen LogP contribution in [-0.2, 0) is 13.6 Å². The molecule has 0 unspecified atom stereocenters. The monoisotopic (exact) mass is 400 g/mol. The summed E-state index contributed by atoms with van der Waals surface area (Å²) in [5.41, 5.74) is 3.94. The van der Waals surface area contributed by atoms with Crippen molar-refractivity contribution in [2.75, 3.05) is 6.54 Å². The lowest BCUT2D eigenvalue weighted by Crippen LogP contribution is -2.31. The molecule has 4 rings (SSSR count). The summed E-state index contributed by atoms with van der Waals surface area (Å²) in [6.45, 7) is 6.85. The number of aromatic nitrogens is 5. The van der Waals surface area contributed by atoms with Crippen molar-refractivity contribution in [2.24, 2.45) is 7.05 Å². The average Bonchev–Trinajstić information content (AvgIpc) is 3.15. The number of imidazole rings is 1. The molecular weight excluding hydrogens is 376 g/mol. The van der Waals surface area contributed by atoms with Gasteiger partial charge in [-0.3, -0.25) is 4.79 Å². The summed E-state index contributed by atoms with van der Waals surface area (Å²) in [6, 6.07) is 7.82. The SMILES string of the molecule is CCN(Cc1nccn1C)C(=O)c1cc(-c2cnc(C)nc2)nc2ccc(C)cc12. The van der Waals surface area contributed by atoms with Crippen LogP contribution in [0.4, 0.5) is 0 Å². The Morgan fingerprint density at radius 2 is 1.87 bits per heavy atom. The summed E-state index contributed by atoms with van der Waals surface area (Å²) in [6.07, 6.45) is 7.11. The maximum atomic E-state index is 13.6. The zero-order valence-electron chi connectivity index (χ0n) is 17.6. The van der Waals surface area contributed by atoms with E-state index in [1.165, 1.54) is 0 Å². The largest absolute Gasteiger partial charge is 0.337 e. The molecule has 0 bridgehead atoms. The van der Waals surface area contributed by atoms with Crippen LogP contribution in [0, 0.1) is 13.8 Å². The molecule has 1 aromatic carbocycles. The Hall–Kier alpha value is -3.61. The quantitative estimate of drug-likeness (QED) is 0.510. The number of rotatable bonds is 5. The Labute approximate surface area is 175 Å². The Bertz CT molecular complexity index is 1210. The van der Waals surface area contributed by atoms with Gasteiger partial charge in [0.25, 0.3) is 5.91 Å². The second kappa shape index (κ2) is 8.02. The van der Waals surface area contributed by atoms with E-state index in [-0.39, 0.29) is 5.91 Å². The molecule has 4 aromatic rings. The highest BCUT2D eigenvalue weighted by atomic mass is 16.2. The van der Waals surface area contributed by atoms with Gasteiger partial charge >= 0.3 is 0 Å². The second-order valence-corrected chi connectivity index (χ2v) is 7.37. The fourth-order valence-corrected chi connectivity index (χ4v) is 3.41. The molecule has 3 heterocycles. The molecule has 7 nitrogen and oxygen atoms in total. The Morgan fingerprint density at radius 1 is 1.10 bits per heavy atom. The van der Waals surface area contributed by atoms with Crippen LogP contribution in [0.5, 0.6) is 0 Å². The highest BCUT2D eigenvalue weighted by Gasteiger charge is 2.21. The fourth-order valence-electron chi connectivity index (χ4n) is 3.41. The molecule has 0 saturated carbocycles. The van der Waals surface area contributed by atoms with Crippen LogP contribution in [0.1, 0.15) is 34.5 Å². The Kier molecular flexibility index (Phi) is 5.27. The van der Waals surface area contributed by atoms with Crippen molar-refractivity contribution in [1.82, 2.24) is 29.4 Å². The number of aryl methyl sites for hydroxylation is 3. The molecule has 0 radical (unpaired) electrons. The van der Waals surface area contributed by atoms with Crippen molar-refractivity contribution in [3.63, 3.8) is 0 Å². The molecule has 0 aliphatic rings. The molecule has 0 saturated heterocycles. The predicted molar refractivity (Wildman–Crippen MR) is 116 cm³/mol. The summed E-state index contributed by atoms with van der Waals surface area (Å²) < 4.78 is 1.93. The minimum absolute atomic E-state index is 0.0484. The molecule has 30 heavy (non-hydrogen) atoms. The van der Waals surface area contributed by atoms with E-state index < -0.39 is 0 Å². The van der Waals surface area contributed by atoms with Gasteiger partial charge in [-0.05, 0) is 39.0 Å². The van der Waals surface area contributed by atoms with Crippen molar-refractivity contribution in [3.8, 4) is 11.3 Å². The van der Waals surface area contributed by atoms with E-state index in [1.54, 1.807) is 23.5 Å². The first kappa shape index (κ1) is 19.7. The van der Waals surface area contributed by atoms with Crippen LogP contribution < -0.4 is 0 Å². The summed E-state index contributed by atoms with van der Waals surface area (Å²) in [7, 11) is 1.93. The first-order chi connectivity index (χ1) is 14.5. The van der Waals surface area contributed by atoms with Crippen molar-refractivity contribution in [3.05, 3.63) is 71.8 Å². The topological polar surface area (TPSA) is 76.8 Å². The normalized spacial score (nSPS) is 11.1. The van der Waals surface area contributed by atoms with Gasteiger partial charge in [0, 0.05) is 49.3 Å². The van der Waals surface area contributed by atoms with Gasteiger partial charge in [0.1, 0.15) is 11.6 Å². The summed E-state index contributed by atoms with van der Waals surface area (Å²) in [5, 5.41) is 0.843. The van der Waals surface area contributed by atoms with Gasteiger partial charge in [-0.2, -0.15) is 0 Å². The standard InChI is InChI=1S/C23H24N6O/c1-5-29(14-22-24-8-9-28(22)4)23(30)19-11-21(17-12-25-16(3)26-13-17)27-20-7-6-15(2)10-18(19)20/h6-13H,5,14H2,1-4H3. The number of carbonyl (C=O) groups excluding carboxylic acids is 1. The molecule has 3 aromatic heterocycles. The number of amides is 1. The Balaban J connectivity index is 1.82. The molecule has 0 atom stereocenters. The summed E-state index contributed by atoms with van der Waals surface area (Å²) >= 11 is 0. The molecule has 0 N–H and O–H groups in total. The Morgan fingerprint density at radius 3 is 2.53 bits per heavy atom. The van der Waals surface area contributed by atoms with E-state index in [0.29, 0.717) is 30.2 Å². The van der Waals surface area contributed by atoms with Crippen LogP contribution in [-0.4, -0.2) is 41.9 Å². The van der Waals surface area contributed by atoms with Crippen LogP contribution in [0.15, 0.2) is 49.1 Å². The predicted octanol–water partition coefficient (Wildman–Crippen LogP) is 3.70. The van der Waals surface area contributed by atoms with Gasteiger partial charge in [-0.1, -0.05) is 11.6 Å². The highest BCUT2D eigenvalue weighted by molar-refractivity contribution is 6.07. The lowest BCUT2D eigenvalue weighted by Gasteiger charge is -2.22. The summed E-state index contributed by atoms with van der Waals surface area (Å²) in [4.78, 5) is 33.1. The van der Waals surface area contributed by atoms with Crippen molar-refractivity contribution in [2.45, 2.75) is 27.3 Å². The van der Waals surface area contributed by atoms with Gasteiger partial charge in [0.15, 0.2) is 0 Å². The van der Waals surface area contributed by atoms with Crippen molar-refractivity contribution < 1.29 is 4.79 Å². The smallest absolute Gasteiger partial charge is 0.255 e. The zero-order chi connectivity index (χ0) is 21.3. The van der Waals surface area contributed by atoms with E-state index in [9.17, 15) is 4.79 Å². The van der Waals surface area contributed by atoms with Gasteiger partial charge in [-0.25, -0.2) is 19.9 Å². The highest BCUT2D eigenvalue weighted by Crippen LogP contribution is 2.26. The van der Waals surface area contributed by atoms with Gasteiger partial charge < -0.3 is 9.47 Å². The van der Waals surface area contributed by atoms with Gasteiger partial charge in [0.05, 0.1) is 23.3 Å². The van der Waals surface area contributed by atoms with E-state index in [0.717, 1.165) is 27.9 Å². The summed E-state index contributed by atoms with van der Waals surface area (Å²) in [5.74, 6) is 1.48. The van der Waals surface area contributed by atoms with Crippen LogP contribution in [0.2, 0.25) is 0 Å². The third-order valence-corrected chi connectivity index (χ3v) is 5.19. The van der Waals surface area contributed by atoms with Crippen LogP contribution in [0.25, 0.3) is 22.2 Å². The van der Waals surface area contributed by atoms with E-state index in [4.69, 9.17) is 4.98 Å². The van der Waals surface area contributed by atoms with E-state index in [2.05, 4.69) is 15.0 Å². The lowest BCUT2D eigenvalue weighted by atomic mass is 10.0. The van der Waals surface area contributed by atoms with Crippen LogP contribution in [0.3, 0.4) is 0 Å². The minimum atomic E-state index is -0.0484. The molecule has 0 fully saturated rings. The third-order valence-electron chi connectivity index (χ3n) is 5.19. The van der Waals surface area contributed by atoms with E-state index >= 15 is 0 Å². The second-order valence-electron chi connectivity index (χ2n) is 7.37. The maximum Gasteiger partial charge on any atom is 0.255 e. The number of nitrogens with zero attached hydrogens (tertiary/aromatic N) is 6. The average molecular weight is 400 g/mol. The van der Waals surface area contributed by atoms with E-state index in [1.807, 2.05) is 62.8 Å².